The zero-order chi connectivity index (χ0) is 15.4. The Kier molecular flexibility index (Phi) is 4.60. The van der Waals surface area contributed by atoms with Crippen LogP contribution in [0.5, 0.6) is 5.88 Å². The third kappa shape index (κ3) is 3.40. The van der Waals surface area contributed by atoms with Crippen molar-refractivity contribution in [3.63, 3.8) is 0 Å². The zero-order valence-corrected chi connectivity index (χ0v) is 13.0. The van der Waals surface area contributed by atoms with Gasteiger partial charge in [-0.25, -0.2) is 14.8 Å². The fourth-order valence-electron chi connectivity index (χ4n) is 2.96. The van der Waals surface area contributed by atoms with Crippen molar-refractivity contribution in [3.8, 4) is 5.88 Å². The van der Waals surface area contributed by atoms with Crippen molar-refractivity contribution in [2.45, 2.75) is 32.3 Å². The van der Waals surface area contributed by atoms with Gasteiger partial charge in [-0.1, -0.05) is 0 Å². The molecule has 2 fully saturated rings. The second-order valence-electron chi connectivity index (χ2n) is 5.72. The maximum Gasteiger partial charge on any atom is 0.317 e. The van der Waals surface area contributed by atoms with Gasteiger partial charge in [-0.2, -0.15) is 0 Å². The van der Waals surface area contributed by atoms with Crippen LogP contribution in [-0.2, 0) is 0 Å². The van der Waals surface area contributed by atoms with Gasteiger partial charge in [-0.05, 0) is 19.8 Å². The van der Waals surface area contributed by atoms with Crippen LogP contribution < -0.4 is 15.0 Å². The van der Waals surface area contributed by atoms with E-state index in [9.17, 15) is 4.79 Å². The Morgan fingerprint density at radius 1 is 1.36 bits per heavy atom. The molecule has 1 atom stereocenters. The molecule has 2 saturated heterocycles. The van der Waals surface area contributed by atoms with E-state index >= 15 is 0 Å². The molecule has 1 N–H and O–H groups in total. The van der Waals surface area contributed by atoms with Gasteiger partial charge in [0.2, 0.25) is 5.88 Å². The molecule has 1 aromatic rings. The number of likely N-dealkylation sites (tertiary alicyclic amines) is 1. The summed E-state index contributed by atoms with van der Waals surface area (Å²) < 4.78 is 5.93. The zero-order valence-electron chi connectivity index (χ0n) is 13.0. The van der Waals surface area contributed by atoms with Crippen LogP contribution in [0.1, 0.15) is 26.2 Å². The second kappa shape index (κ2) is 6.81. The minimum absolute atomic E-state index is 0.00364. The fraction of sp³-hybridized carbons (Fsp3) is 0.667. The molecule has 0 aromatic carbocycles. The van der Waals surface area contributed by atoms with Crippen LogP contribution in [-0.4, -0.2) is 59.7 Å². The first-order valence-electron chi connectivity index (χ1n) is 8.02. The minimum atomic E-state index is -0.0194. The molecule has 3 heterocycles. The topological polar surface area (TPSA) is 70.6 Å². The van der Waals surface area contributed by atoms with Crippen LogP contribution in [0.4, 0.5) is 10.6 Å². The molecule has 3 rings (SSSR count). The molecule has 0 radical (unpaired) electrons. The molecule has 22 heavy (non-hydrogen) atoms. The predicted octanol–water partition coefficient (Wildman–Crippen LogP) is 1.26. The Labute approximate surface area is 130 Å². The maximum atomic E-state index is 11.8. The molecule has 0 saturated carbocycles. The van der Waals surface area contributed by atoms with E-state index in [0.717, 1.165) is 31.9 Å². The number of aromatic nitrogens is 2. The molecule has 0 aliphatic carbocycles. The largest absolute Gasteiger partial charge is 0.472 e. The first-order valence-corrected chi connectivity index (χ1v) is 8.02. The molecule has 1 unspecified atom stereocenters. The first kappa shape index (κ1) is 14.9. The van der Waals surface area contributed by atoms with Crippen molar-refractivity contribution >= 4 is 11.8 Å². The number of urea groups is 1. The van der Waals surface area contributed by atoms with Gasteiger partial charge in [0.05, 0.1) is 6.54 Å². The van der Waals surface area contributed by atoms with E-state index in [-0.39, 0.29) is 12.1 Å². The average molecular weight is 305 g/mol. The van der Waals surface area contributed by atoms with Crippen LogP contribution >= 0.6 is 0 Å². The van der Waals surface area contributed by atoms with Gasteiger partial charge in [-0.3, -0.25) is 0 Å². The Morgan fingerprint density at radius 3 is 2.95 bits per heavy atom. The van der Waals surface area contributed by atoms with E-state index in [0.29, 0.717) is 19.0 Å². The van der Waals surface area contributed by atoms with E-state index in [1.54, 1.807) is 11.2 Å². The monoisotopic (exact) mass is 305 g/mol. The van der Waals surface area contributed by atoms with E-state index < -0.39 is 0 Å². The molecule has 120 valence electrons. The summed E-state index contributed by atoms with van der Waals surface area (Å²) in [6, 6.07) is 1.88. The van der Waals surface area contributed by atoms with Crippen LogP contribution in [0.3, 0.4) is 0 Å². The quantitative estimate of drug-likeness (QED) is 0.907. The first-order chi connectivity index (χ1) is 10.8. The SMILES string of the molecule is CCNC(=O)N1CCC(Oc2cc(N3CCCC3)ncn2)C1. The van der Waals surface area contributed by atoms with Gasteiger partial charge in [-0.15, -0.1) is 0 Å². The fourth-order valence-corrected chi connectivity index (χ4v) is 2.96. The summed E-state index contributed by atoms with van der Waals surface area (Å²) in [7, 11) is 0. The van der Waals surface area contributed by atoms with Crippen molar-refractivity contribution in [2.75, 3.05) is 37.6 Å². The van der Waals surface area contributed by atoms with Crippen molar-refractivity contribution in [3.05, 3.63) is 12.4 Å². The van der Waals surface area contributed by atoms with Crippen molar-refractivity contribution in [1.82, 2.24) is 20.2 Å². The van der Waals surface area contributed by atoms with Gasteiger partial charge >= 0.3 is 6.03 Å². The lowest BCUT2D eigenvalue weighted by molar-refractivity contribution is 0.183. The lowest BCUT2D eigenvalue weighted by Crippen LogP contribution is -2.39. The van der Waals surface area contributed by atoms with Gasteiger partial charge in [0.15, 0.2) is 0 Å². The molecule has 2 aliphatic rings. The highest BCUT2D eigenvalue weighted by Crippen LogP contribution is 2.22. The van der Waals surface area contributed by atoms with Crippen molar-refractivity contribution < 1.29 is 9.53 Å². The summed E-state index contributed by atoms with van der Waals surface area (Å²) >= 11 is 0. The highest BCUT2D eigenvalue weighted by Gasteiger charge is 2.27. The van der Waals surface area contributed by atoms with Gasteiger partial charge in [0, 0.05) is 38.7 Å². The van der Waals surface area contributed by atoms with Crippen LogP contribution in [0.15, 0.2) is 12.4 Å². The Morgan fingerprint density at radius 2 is 2.18 bits per heavy atom. The summed E-state index contributed by atoms with van der Waals surface area (Å²) in [6.07, 6.45) is 4.82. The third-order valence-corrected chi connectivity index (χ3v) is 4.11. The number of rotatable bonds is 4. The predicted molar refractivity (Wildman–Crippen MR) is 83.2 cm³/mol. The molecular weight excluding hydrogens is 282 g/mol. The van der Waals surface area contributed by atoms with Gasteiger partial charge in [0.1, 0.15) is 18.2 Å². The van der Waals surface area contributed by atoms with Crippen LogP contribution in [0.2, 0.25) is 0 Å². The number of carbonyl (C=O) groups is 1. The molecule has 2 aliphatic heterocycles. The minimum Gasteiger partial charge on any atom is -0.472 e. The third-order valence-electron chi connectivity index (χ3n) is 4.11. The highest BCUT2D eigenvalue weighted by atomic mass is 16.5. The number of amides is 2. The number of nitrogens with one attached hydrogen (secondary N) is 1. The number of carbonyl (C=O) groups excluding carboxylic acids is 1. The van der Waals surface area contributed by atoms with Crippen LogP contribution in [0.25, 0.3) is 0 Å². The summed E-state index contributed by atoms with van der Waals surface area (Å²) in [5.74, 6) is 1.53. The summed E-state index contributed by atoms with van der Waals surface area (Å²) in [4.78, 5) is 24.4. The molecular formula is C15H23N5O2. The molecule has 0 spiro atoms. The Hall–Kier alpha value is -2.05. The molecule has 7 nitrogen and oxygen atoms in total. The number of nitrogens with zero attached hydrogens (tertiary/aromatic N) is 4. The number of ether oxygens (including phenoxy) is 1. The van der Waals surface area contributed by atoms with Gasteiger partial charge in [0.25, 0.3) is 0 Å². The highest BCUT2D eigenvalue weighted by molar-refractivity contribution is 5.74. The van der Waals surface area contributed by atoms with E-state index in [1.165, 1.54) is 12.8 Å². The van der Waals surface area contributed by atoms with E-state index in [4.69, 9.17) is 4.74 Å². The van der Waals surface area contributed by atoms with Crippen LogP contribution in [0, 0.1) is 0 Å². The maximum absolute atomic E-state index is 11.8. The Balaban J connectivity index is 1.57. The van der Waals surface area contributed by atoms with Crippen molar-refractivity contribution in [1.29, 1.82) is 0 Å². The van der Waals surface area contributed by atoms with E-state index in [1.807, 2.05) is 13.0 Å². The molecule has 0 bridgehead atoms. The van der Waals surface area contributed by atoms with Gasteiger partial charge < -0.3 is 19.9 Å². The lowest BCUT2D eigenvalue weighted by atomic mass is 10.3. The van der Waals surface area contributed by atoms with E-state index in [2.05, 4.69) is 20.2 Å². The summed E-state index contributed by atoms with van der Waals surface area (Å²) in [5, 5.41) is 2.82. The molecule has 1 aromatic heterocycles. The summed E-state index contributed by atoms with van der Waals surface area (Å²) in [5.41, 5.74) is 0. The number of anilines is 1. The summed E-state index contributed by atoms with van der Waals surface area (Å²) in [6.45, 7) is 5.99. The molecule has 7 heteroatoms. The smallest absolute Gasteiger partial charge is 0.317 e. The normalized spacial score (nSPS) is 21.2. The molecule has 2 amide bonds. The second-order valence-corrected chi connectivity index (χ2v) is 5.72. The average Bonchev–Trinajstić information content (AvgIpc) is 3.19. The number of hydrogen-bond donors (Lipinski definition) is 1. The standard InChI is InChI=1S/C15H23N5O2/c1-2-16-15(21)20-8-5-12(10-20)22-14-9-13(17-11-18-14)19-6-3-4-7-19/h9,11-12H,2-8,10H2,1H3,(H,16,21). The van der Waals surface area contributed by atoms with Crippen molar-refractivity contribution in [2.24, 2.45) is 0 Å². The number of hydrogen-bond acceptors (Lipinski definition) is 5. The lowest BCUT2D eigenvalue weighted by Gasteiger charge is -2.19. The Bertz CT molecular complexity index is 518.